The summed E-state index contributed by atoms with van der Waals surface area (Å²) in [4.78, 5) is 27.9. The molecule has 0 amide bonds. The van der Waals surface area contributed by atoms with Crippen molar-refractivity contribution in [3.63, 3.8) is 0 Å². The molecule has 0 fully saturated rings. The van der Waals surface area contributed by atoms with Gasteiger partial charge in [0.2, 0.25) is 0 Å². The summed E-state index contributed by atoms with van der Waals surface area (Å²) >= 11 is 0. The van der Waals surface area contributed by atoms with Crippen LogP contribution in [0.2, 0.25) is 0 Å². The monoisotopic (exact) mass is 648 g/mol. The van der Waals surface area contributed by atoms with E-state index in [4.69, 9.17) is 4.18 Å². The lowest BCUT2D eigenvalue weighted by molar-refractivity contribution is 0.0980. The predicted molar refractivity (Wildman–Crippen MR) is 172 cm³/mol. The Hall–Kier alpha value is -4.36. The molecule has 0 atom stereocenters. The number of benzene rings is 4. The topological polar surface area (TPSA) is 156 Å². The van der Waals surface area contributed by atoms with Crippen molar-refractivity contribution in [2.75, 3.05) is 17.7 Å². The second kappa shape index (κ2) is 11.2. The fourth-order valence-corrected chi connectivity index (χ4v) is 8.34. The van der Waals surface area contributed by atoms with Crippen molar-refractivity contribution in [1.29, 1.82) is 0 Å². The van der Waals surface area contributed by atoms with Gasteiger partial charge in [-0.05, 0) is 87.1 Å². The molecule has 4 aromatic rings. The summed E-state index contributed by atoms with van der Waals surface area (Å²) in [5.74, 6) is -0.849. The van der Waals surface area contributed by atoms with Crippen LogP contribution >= 0.6 is 0 Å². The first kappa shape index (κ1) is 32.0. The maximum absolute atomic E-state index is 14.1. The average Bonchev–Trinajstić information content (AvgIpc) is 2.95. The third-order valence-corrected chi connectivity index (χ3v) is 10.8. The molecule has 4 aromatic carbocycles. The molecule has 10 nitrogen and oxygen atoms in total. The molecule has 1 aliphatic carbocycles. The highest BCUT2D eigenvalue weighted by Gasteiger charge is 2.35. The number of rotatable bonds is 7. The molecule has 234 valence electrons. The van der Waals surface area contributed by atoms with E-state index in [-0.39, 0.29) is 49.0 Å². The first-order valence-electron chi connectivity index (χ1n) is 13.9. The molecule has 0 aromatic heterocycles. The van der Waals surface area contributed by atoms with Crippen LogP contribution in [0.25, 0.3) is 0 Å². The summed E-state index contributed by atoms with van der Waals surface area (Å²) in [5.41, 5.74) is 4.70. The SMILES string of the molecule is COS(=O)(=O)c1c(C)cc(C)c(Nc2ccc(Nc3c(C)cc(C)c(S(=O)(=O)O)c3C)c3c2C(=O)c2ccccc2C3=O)c1C. The van der Waals surface area contributed by atoms with E-state index in [2.05, 4.69) is 10.6 Å². The Morgan fingerprint density at radius 2 is 1.02 bits per heavy atom. The Morgan fingerprint density at radius 3 is 1.42 bits per heavy atom. The average molecular weight is 649 g/mol. The van der Waals surface area contributed by atoms with Crippen LogP contribution in [0.15, 0.2) is 58.3 Å². The number of hydrogen-bond donors (Lipinski definition) is 3. The molecule has 0 radical (unpaired) electrons. The molecule has 1 aliphatic rings. The van der Waals surface area contributed by atoms with Crippen LogP contribution in [0.5, 0.6) is 0 Å². The minimum Gasteiger partial charge on any atom is -0.354 e. The molecular formula is C33H32N2O8S2. The highest BCUT2D eigenvalue weighted by Crippen LogP contribution is 2.42. The number of carbonyl (C=O) groups is 2. The minimum atomic E-state index is -4.56. The van der Waals surface area contributed by atoms with Crippen molar-refractivity contribution in [1.82, 2.24) is 0 Å². The van der Waals surface area contributed by atoms with Crippen LogP contribution in [0, 0.1) is 41.5 Å². The standard InChI is InChI=1S/C33H32N2O8S2/c1-16-14-18(3)32(44(38,39)40)20(5)28(16)34-24-12-13-25(27-26(24)30(36)22-10-8-9-11-23(22)31(27)37)35-29-17(2)15-19(4)33(21(29)6)45(41,42)43-7/h8-15,34-35H,1-7H3,(H,38,39,40). The highest BCUT2D eigenvalue weighted by molar-refractivity contribution is 7.87. The van der Waals surface area contributed by atoms with Crippen LogP contribution in [0.3, 0.4) is 0 Å². The van der Waals surface area contributed by atoms with E-state index in [0.29, 0.717) is 39.2 Å². The maximum Gasteiger partial charge on any atom is 0.297 e. The van der Waals surface area contributed by atoms with Crippen molar-refractivity contribution in [2.24, 2.45) is 0 Å². The fraction of sp³-hybridized carbons (Fsp3) is 0.212. The van der Waals surface area contributed by atoms with E-state index in [1.165, 1.54) is 0 Å². The van der Waals surface area contributed by atoms with E-state index in [0.717, 1.165) is 7.11 Å². The van der Waals surface area contributed by atoms with Gasteiger partial charge in [-0.3, -0.25) is 18.3 Å². The van der Waals surface area contributed by atoms with E-state index < -0.39 is 31.8 Å². The van der Waals surface area contributed by atoms with Gasteiger partial charge in [-0.15, -0.1) is 0 Å². The van der Waals surface area contributed by atoms with Crippen molar-refractivity contribution >= 4 is 54.6 Å². The molecule has 3 N–H and O–H groups in total. The van der Waals surface area contributed by atoms with Gasteiger partial charge >= 0.3 is 0 Å². The normalized spacial score (nSPS) is 13.0. The number of hydrogen-bond acceptors (Lipinski definition) is 9. The van der Waals surface area contributed by atoms with Crippen molar-refractivity contribution in [3.8, 4) is 0 Å². The quantitative estimate of drug-likeness (QED) is 0.134. The lowest BCUT2D eigenvalue weighted by Crippen LogP contribution is -2.24. The van der Waals surface area contributed by atoms with Crippen LogP contribution in [-0.4, -0.2) is 40.1 Å². The second-order valence-corrected chi connectivity index (χ2v) is 14.1. The van der Waals surface area contributed by atoms with E-state index in [9.17, 15) is 31.0 Å². The van der Waals surface area contributed by atoms with Gasteiger partial charge in [0.15, 0.2) is 11.6 Å². The molecular weight excluding hydrogens is 617 g/mol. The van der Waals surface area contributed by atoms with Crippen molar-refractivity contribution < 1.29 is 35.2 Å². The van der Waals surface area contributed by atoms with Crippen molar-refractivity contribution in [2.45, 2.75) is 51.3 Å². The molecule has 0 aliphatic heterocycles. The summed E-state index contributed by atoms with van der Waals surface area (Å²) in [5, 5.41) is 6.41. The zero-order valence-electron chi connectivity index (χ0n) is 25.7. The maximum atomic E-state index is 14.1. The summed E-state index contributed by atoms with van der Waals surface area (Å²) in [6.07, 6.45) is 0. The van der Waals surface area contributed by atoms with Gasteiger partial charge in [0.25, 0.3) is 20.2 Å². The first-order chi connectivity index (χ1) is 21.0. The number of nitrogens with one attached hydrogen (secondary N) is 2. The van der Waals surface area contributed by atoms with E-state index >= 15 is 0 Å². The predicted octanol–water partition coefficient (Wildman–Crippen LogP) is 6.38. The largest absolute Gasteiger partial charge is 0.354 e. The summed E-state index contributed by atoms with van der Waals surface area (Å²) in [7, 11) is -7.55. The number of fused-ring (bicyclic) bond motifs is 2. The van der Waals surface area contributed by atoms with Crippen LogP contribution in [0.4, 0.5) is 22.7 Å². The van der Waals surface area contributed by atoms with Gasteiger partial charge in [-0.2, -0.15) is 16.8 Å². The Balaban J connectivity index is 1.76. The van der Waals surface area contributed by atoms with Crippen LogP contribution in [0.1, 0.15) is 65.2 Å². The van der Waals surface area contributed by atoms with Crippen LogP contribution < -0.4 is 10.6 Å². The lowest BCUT2D eigenvalue weighted by atomic mass is 9.82. The second-order valence-electron chi connectivity index (χ2n) is 11.1. The van der Waals surface area contributed by atoms with Gasteiger partial charge in [-0.25, -0.2) is 0 Å². The molecule has 45 heavy (non-hydrogen) atoms. The zero-order chi connectivity index (χ0) is 33.2. The molecule has 0 unspecified atom stereocenters. The number of carbonyl (C=O) groups excluding carboxylic acids is 2. The molecule has 0 saturated carbocycles. The molecule has 0 saturated heterocycles. The Labute approximate surface area is 262 Å². The first-order valence-corrected chi connectivity index (χ1v) is 16.7. The number of anilines is 4. The fourth-order valence-electron chi connectivity index (χ4n) is 6.29. The highest BCUT2D eigenvalue weighted by atomic mass is 32.2. The molecule has 12 heteroatoms. The molecule has 0 bridgehead atoms. The van der Waals surface area contributed by atoms with Crippen LogP contribution in [-0.2, 0) is 24.4 Å². The zero-order valence-corrected chi connectivity index (χ0v) is 27.4. The lowest BCUT2D eigenvalue weighted by Gasteiger charge is -2.26. The van der Waals surface area contributed by atoms with Gasteiger partial charge in [-0.1, -0.05) is 36.4 Å². The van der Waals surface area contributed by atoms with Gasteiger partial charge in [0.1, 0.15) is 9.79 Å². The van der Waals surface area contributed by atoms with Gasteiger partial charge < -0.3 is 10.6 Å². The van der Waals surface area contributed by atoms with Gasteiger partial charge in [0, 0.05) is 22.5 Å². The molecule has 5 rings (SSSR count). The summed E-state index contributed by atoms with van der Waals surface area (Å²) in [6.45, 7) is 9.98. The smallest absolute Gasteiger partial charge is 0.297 e. The van der Waals surface area contributed by atoms with E-state index in [1.807, 2.05) is 0 Å². The van der Waals surface area contributed by atoms with Gasteiger partial charge in [0.05, 0.1) is 29.6 Å². The van der Waals surface area contributed by atoms with Crippen molar-refractivity contribution in [3.05, 3.63) is 104 Å². The summed E-state index contributed by atoms with van der Waals surface area (Å²) < 4.78 is 64.8. The van der Waals surface area contributed by atoms with E-state index in [1.54, 1.807) is 90.1 Å². The summed E-state index contributed by atoms with van der Waals surface area (Å²) in [6, 6.07) is 13.0. The Bertz CT molecular complexity index is 2190. The number of aryl methyl sites for hydroxylation is 4. The number of ketones is 2. The third-order valence-electron chi connectivity index (χ3n) is 8.12. The molecule has 0 spiro atoms. The Morgan fingerprint density at radius 1 is 0.622 bits per heavy atom. The third kappa shape index (κ3) is 5.33. The molecule has 0 heterocycles. The Kier molecular flexibility index (Phi) is 7.99. The minimum absolute atomic E-state index is 0.00188.